The molecular formula is C9H20NO3P. The van der Waals surface area contributed by atoms with Gasteiger partial charge in [-0.2, -0.15) is 0 Å². The molecule has 0 aromatic carbocycles. The van der Waals surface area contributed by atoms with Crippen LogP contribution in [0.4, 0.5) is 0 Å². The van der Waals surface area contributed by atoms with Crippen LogP contribution in [0.1, 0.15) is 27.7 Å². The first-order chi connectivity index (χ1) is 6.55. The lowest BCUT2D eigenvalue weighted by atomic mass is 10.4. The summed E-state index contributed by atoms with van der Waals surface area (Å²) in [7, 11) is -2.86. The van der Waals surface area contributed by atoms with Crippen molar-refractivity contribution >= 4 is 7.60 Å². The Morgan fingerprint density at radius 2 is 1.86 bits per heavy atom. The molecule has 0 aromatic heterocycles. The van der Waals surface area contributed by atoms with Crippen LogP contribution >= 0.6 is 7.60 Å². The SMILES string of the molecule is CCOP(=O)(OCC)C1CN1C(C)C. The molecule has 84 valence electrons. The van der Waals surface area contributed by atoms with Crippen LogP contribution in [0.15, 0.2) is 0 Å². The maximum Gasteiger partial charge on any atom is 0.348 e. The molecule has 1 saturated heterocycles. The molecule has 0 N–H and O–H groups in total. The molecule has 1 heterocycles. The third-order valence-corrected chi connectivity index (χ3v) is 4.70. The molecule has 2 atom stereocenters. The van der Waals surface area contributed by atoms with E-state index in [-0.39, 0.29) is 5.78 Å². The molecule has 1 aliphatic heterocycles. The lowest BCUT2D eigenvalue weighted by molar-refractivity contribution is 0.212. The van der Waals surface area contributed by atoms with Gasteiger partial charge in [0.25, 0.3) is 0 Å². The lowest BCUT2D eigenvalue weighted by Gasteiger charge is -2.17. The highest BCUT2D eigenvalue weighted by molar-refractivity contribution is 7.55. The minimum absolute atomic E-state index is 0.0117. The van der Waals surface area contributed by atoms with Crippen molar-refractivity contribution in [2.24, 2.45) is 0 Å². The summed E-state index contributed by atoms with van der Waals surface area (Å²) in [5, 5.41) is 0. The van der Waals surface area contributed by atoms with E-state index < -0.39 is 7.60 Å². The standard InChI is InChI=1S/C9H20NO3P/c1-5-12-14(11,13-6-2)9-7-10(9)8(3)4/h8-9H,5-7H2,1-4H3. The first-order valence-corrected chi connectivity index (χ1v) is 6.80. The van der Waals surface area contributed by atoms with Gasteiger partial charge in [-0.05, 0) is 27.7 Å². The predicted molar refractivity (Wildman–Crippen MR) is 56.5 cm³/mol. The lowest BCUT2D eigenvalue weighted by Crippen LogP contribution is -2.14. The van der Waals surface area contributed by atoms with Gasteiger partial charge in [-0.3, -0.25) is 9.46 Å². The Hall–Kier alpha value is 0.110. The Balaban J connectivity index is 2.57. The molecule has 0 radical (unpaired) electrons. The molecule has 0 amide bonds. The Morgan fingerprint density at radius 3 is 2.14 bits per heavy atom. The van der Waals surface area contributed by atoms with Gasteiger partial charge >= 0.3 is 7.60 Å². The van der Waals surface area contributed by atoms with Gasteiger partial charge in [0.2, 0.25) is 0 Å². The van der Waals surface area contributed by atoms with Gasteiger partial charge in [-0.25, -0.2) is 0 Å². The summed E-state index contributed by atoms with van der Waals surface area (Å²) in [6.45, 7) is 9.57. The van der Waals surface area contributed by atoms with Crippen LogP contribution in [0.2, 0.25) is 0 Å². The summed E-state index contributed by atoms with van der Waals surface area (Å²) in [6.07, 6.45) is 0. The average Bonchev–Trinajstić information content (AvgIpc) is 2.83. The molecule has 5 heteroatoms. The Morgan fingerprint density at radius 1 is 1.36 bits per heavy atom. The highest BCUT2D eigenvalue weighted by Gasteiger charge is 2.51. The number of rotatable bonds is 6. The van der Waals surface area contributed by atoms with Crippen LogP contribution in [0, 0.1) is 0 Å². The fraction of sp³-hybridized carbons (Fsp3) is 1.00. The predicted octanol–water partition coefficient (Wildman–Crippen LogP) is 2.30. The van der Waals surface area contributed by atoms with Crippen LogP contribution < -0.4 is 0 Å². The fourth-order valence-corrected chi connectivity index (χ4v) is 3.70. The summed E-state index contributed by atoms with van der Waals surface area (Å²) in [5.41, 5.74) is 0. The second kappa shape index (κ2) is 4.75. The quantitative estimate of drug-likeness (QED) is 0.509. The summed E-state index contributed by atoms with van der Waals surface area (Å²) in [5.74, 6) is -0.0117. The van der Waals surface area contributed by atoms with Crippen LogP contribution in [0.5, 0.6) is 0 Å². The second-order valence-electron chi connectivity index (χ2n) is 3.65. The van der Waals surface area contributed by atoms with Crippen molar-refractivity contribution in [1.29, 1.82) is 0 Å². The number of hydrogen-bond donors (Lipinski definition) is 0. The van der Waals surface area contributed by atoms with Gasteiger partial charge in [-0.15, -0.1) is 0 Å². The topological polar surface area (TPSA) is 38.5 Å². The molecule has 2 unspecified atom stereocenters. The van der Waals surface area contributed by atoms with E-state index in [1.165, 1.54) is 0 Å². The van der Waals surface area contributed by atoms with Gasteiger partial charge in [0.15, 0.2) is 0 Å². The number of nitrogens with zero attached hydrogens (tertiary/aromatic N) is 1. The molecule has 0 bridgehead atoms. The van der Waals surface area contributed by atoms with Crippen molar-refractivity contribution in [2.45, 2.75) is 39.5 Å². The summed E-state index contributed by atoms with van der Waals surface area (Å²) in [4.78, 5) is 2.13. The van der Waals surface area contributed by atoms with Crippen LogP contribution in [0.25, 0.3) is 0 Å². The Kier molecular flexibility index (Phi) is 4.14. The third-order valence-electron chi connectivity index (χ3n) is 2.27. The largest absolute Gasteiger partial charge is 0.348 e. The molecule has 0 aromatic rings. The Labute approximate surface area is 86.1 Å². The third kappa shape index (κ3) is 2.57. The molecular weight excluding hydrogens is 201 g/mol. The van der Waals surface area contributed by atoms with E-state index in [9.17, 15) is 4.57 Å². The second-order valence-corrected chi connectivity index (χ2v) is 5.84. The molecule has 0 saturated carbocycles. The van der Waals surface area contributed by atoms with Gasteiger partial charge < -0.3 is 9.05 Å². The fourth-order valence-electron chi connectivity index (χ4n) is 1.55. The zero-order valence-electron chi connectivity index (χ0n) is 9.40. The zero-order chi connectivity index (χ0) is 10.8. The van der Waals surface area contributed by atoms with E-state index in [2.05, 4.69) is 18.7 Å². The first kappa shape index (κ1) is 12.2. The highest BCUT2D eigenvalue weighted by atomic mass is 31.2. The van der Waals surface area contributed by atoms with Crippen LogP contribution in [-0.4, -0.2) is 36.5 Å². The minimum Gasteiger partial charge on any atom is -0.308 e. The average molecular weight is 221 g/mol. The van der Waals surface area contributed by atoms with Gasteiger partial charge in [0.05, 0.1) is 13.2 Å². The van der Waals surface area contributed by atoms with Gasteiger partial charge in [0, 0.05) is 12.6 Å². The van der Waals surface area contributed by atoms with E-state index in [0.29, 0.717) is 19.3 Å². The van der Waals surface area contributed by atoms with Gasteiger partial charge in [-0.1, -0.05) is 0 Å². The van der Waals surface area contributed by atoms with Crippen molar-refractivity contribution in [1.82, 2.24) is 4.90 Å². The maximum atomic E-state index is 12.2. The molecule has 14 heavy (non-hydrogen) atoms. The van der Waals surface area contributed by atoms with E-state index in [0.717, 1.165) is 6.54 Å². The molecule has 1 fully saturated rings. The summed E-state index contributed by atoms with van der Waals surface area (Å²) in [6, 6.07) is 0.411. The molecule has 0 spiro atoms. The monoisotopic (exact) mass is 221 g/mol. The van der Waals surface area contributed by atoms with Crippen molar-refractivity contribution in [3.63, 3.8) is 0 Å². The molecule has 1 aliphatic rings. The van der Waals surface area contributed by atoms with Crippen molar-refractivity contribution in [3.8, 4) is 0 Å². The molecule has 0 aliphatic carbocycles. The van der Waals surface area contributed by atoms with E-state index in [4.69, 9.17) is 9.05 Å². The summed E-state index contributed by atoms with van der Waals surface area (Å²) >= 11 is 0. The van der Waals surface area contributed by atoms with Crippen LogP contribution in [0.3, 0.4) is 0 Å². The van der Waals surface area contributed by atoms with Crippen molar-refractivity contribution < 1.29 is 13.6 Å². The van der Waals surface area contributed by atoms with E-state index in [1.807, 2.05) is 13.8 Å². The first-order valence-electron chi connectivity index (χ1n) is 5.19. The van der Waals surface area contributed by atoms with E-state index in [1.54, 1.807) is 0 Å². The highest BCUT2D eigenvalue weighted by Crippen LogP contribution is 2.60. The zero-order valence-corrected chi connectivity index (χ0v) is 10.3. The molecule has 1 rings (SSSR count). The van der Waals surface area contributed by atoms with Crippen molar-refractivity contribution in [2.75, 3.05) is 19.8 Å². The van der Waals surface area contributed by atoms with Crippen LogP contribution in [-0.2, 0) is 13.6 Å². The number of hydrogen-bond acceptors (Lipinski definition) is 4. The van der Waals surface area contributed by atoms with Gasteiger partial charge in [0.1, 0.15) is 5.78 Å². The normalized spacial score (nSPS) is 26.9. The smallest absolute Gasteiger partial charge is 0.308 e. The Bertz CT molecular complexity index is 222. The van der Waals surface area contributed by atoms with Crippen molar-refractivity contribution in [3.05, 3.63) is 0 Å². The maximum absolute atomic E-state index is 12.2. The molecule has 4 nitrogen and oxygen atoms in total. The van der Waals surface area contributed by atoms with E-state index >= 15 is 0 Å². The minimum atomic E-state index is -2.86. The summed E-state index contributed by atoms with van der Waals surface area (Å²) < 4.78 is 22.7.